The van der Waals surface area contributed by atoms with Crippen LogP contribution in [0.2, 0.25) is 0 Å². The zero-order valence-corrected chi connectivity index (χ0v) is 14.9. The van der Waals surface area contributed by atoms with E-state index in [0.29, 0.717) is 13.1 Å². The second kappa shape index (κ2) is 8.87. The Morgan fingerprint density at radius 1 is 1.12 bits per heavy atom. The zero-order valence-electron chi connectivity index (χ0n) is 14.9. The average molecular weight is 340 g/mol. The van der Waals surface area contributed by atoms with E-state index in [4.69, 9.17) is 4.74 Å². The first-order valence-corrected chi connectivity index (χ1v) is 8.24. The molecule has 0 heterocycles. The molecule has 0 aliphatic heterocycles. The number of hydrogen-bond acceptors (Lipinski definition) is 3. The van der Waals surface area contributed by atoms with Crippen molar-refractivity contribution in [3.05, 3.63) is 59.7 Å². The van der Waals surface area contributed by atoms with Crippen molar-refractivity contribution in [2.24, 2.45) is 0 Å². The van der Waals surface area contributed by atoms with E-state index in [1.807, 2.05) is 55.5 Å². The van der Waals surface area contributed by atoms with Crippen LogP contribution in [-0.2, 0) is 16.1 Å². The van der Waals surface area contributed by atoms with Gasteiger partial charge < -0.3 is 15.0 Å². The van der Waals surface area contributed by atoms with Crippen molar-refractivity contribution in [2.75, 3.05) is 18.6 Å². The number of amides is 2. The molecule has 1 N–H and O–H groups in total. The molecule has 2 aromatic rings. The Morgan fingerprint density at radius 3 is 2.56 bits per heavy atom. The van der Waals surface area contributed by atoms with Gasteiger partial charge in [-0.25, -0.2) is 0 Å². The maximum absolute atomic E-state index is 12.2. The number of anilines is 1. The van der Waals surface area contributed by atoms with Crippen molar-refractivity contribution < 1.29 is 14.3 Å². The normalized spacial score (nSPS) is 10.2. The number of nitrogens with zero attached hydrogens (tertiary/aromatic N) is 1. The second-order valence-corrected chi connectivity index (χ2v) is 5.85. The van der Waals surface area contributed by atoms with E-state index in [-0.39, 0.29) is 18.2 Å². The third-order valence-electron chi connectivity index (χ3n) is 3.92. The lowest BCUT2D eigenvalue weighted by Crippen LogP contribution is -2.33. The first-order valence-electron chi connectivity index (χ1n) is 8.24. The van der Waals surface area contributed by atoms with E-state index in [0.717, 1.165) is 22.6 Å². The molecule has 0 aliphatic rings. The first-order chi connectivity index (χ1) is 12.0. The van der Waals surface area contributed by atoms with Gasteiger partial charge in [-0.2, -0.15) is 0 Å². The number of ether oxygens (including phenoxy) is 1. The van der Waals surface area contributed by atoms with Crippen molar-refractivity contribution >= 4 is 17.5 Å². The molecule has 0 aromatic heterocycles. The van der Waals surface area contributed by atoms with E-state index in [9.17, 15) is 9.59 Å². The molecular formula is C20H24N2O3. The fraction of sp³-hybridized carbons (Fsp3) is 0.300. The number of aryl methyl sites for hydroxylation is 1. The van der Waals surface area contributed by atoms with Gasteiger partial charge in [-0.05, 0) is 30.7 Å². The molecule has 0 spiro atoms. The third kappa shape index (κ3) is 5.35. The van der Waals surface area contributed by atoms with Crippen molar-refractivity contribution in [3.8, 4) is 5.75 Å². The van der Waals surface area contributed by atoms with Gasteiger partial charge >= 0.3 is 0 Å². The Morgan fingerprint density at radius 2 is 1.88 bits per heavy atom. The summed E-state index contributed by atoms with van der Waals surface area (Å²) >= 11 is 0. The van der Waals surface area contributed by atoms with E-state index < -0.39 is 0 Å². The van der Waals surface area contributed by atoms with Gasteiger partial charge in [-0.1, -0.05) is 30.3 Å². The smallest absolute Gasteiger partial charge is 0.223 e. The van der Waals surface area contributed by atoms with E-state index in [1.165, 1.54) is 6.92 Å². The highest BCUT2D eigenvalue weighted by Crippen LogP contribution is 2.18. The van der Waals surface area contributed by atoms with Gasteiger partial charge in [0.2, 0.25) is 11.8 Å². The van der Waals surface area contributed by atoms with Crippen LogP contribution < -0.4 is 15.0 Å². The van der Waals surface area contributed by atoms with E-state index in [2.05, 4.69) is 5.32 Å². The predicted octanol–water partition coefficient (Wildman–Crippen LogP) is 3.06. The lowest BCUT2D eigenvalue weighted by Gasteiger charge is -2.21. The van der Waals surface area contributed by atoms with Gasteiger partial charge in [0.05, 0.1) is 7.11 Å². The molecular weight excluding hydrogens is 316 g/mol. The standard InChI is InChI=1S/C20H24N2O3/c1-15-7-6-9-18(13-15)22(16(2)23)12-11-20(24)21-14-17-8-4-5-10-19(17)25-3/h4-10,13H,11-12,14H2,1-3H3,(H,21,24). The number of carbonyl (C=O) groups excluding carboxylic acids is 2. The maximum Gasteiger partial charge on any atom is 0.223 e. The average Bonchev–Trinajstić information content (AvgIpc) is 2.60. The number of methoxy groups -OCH3 is 1. The molecule has 0 unspecified atom stereocenters. The molecule has 2 rings (SSSR count). The molecule has 0 aliphatic carbocycles. The summed E-state index contributed by atoms with van der Waals surface area (Å²) in [5.41, 5.74) is 2.80. The number of para-hydroxylation sites is 1. The molecule has 2 amide bonds. The van der Waals surface area contributed by atoms with Gasteiger partial charge in [0.1, 0.15) is 5.75 Å². The number of nitrogens with one attached hydrogen (secondary N) is 1. The molecule has 0 atom stereocenters. The monoisotopic (exact) mass is 340 g/mol. The molecule has 5 nitrogen and oxygen atoms in total. The van der Waals surface area contributed by atoms with Crippen molar-refractivity contribution in [2.45, 2.75) is 26.8 Å². The molecule has 5 heteroatoms. The van der Waals surface area contributed by atoms with Gasteiger partial charge in [0.15, 0.2) is 0 Å². The summed E-state index contributed by atoms with van der Waals surface area (Å²) in [5, 5.41) is 2.87. The lowest BCUT2D eigenvalue weighted by molar-refractivity contribution is -0.121. The molecule has 0 radical (unpaired) electrons. The van der Waals surface area contributed by atoms with Crippen LogP contribution in [0.4, 0.5) is 5.69 Å². The highest BCUT2D eigenvalue weighted by Gasteiger charge is 2.13. The molecule has 0 bridgehead atoms. The number of hydrogen-bond donors (Lipinski definition) is 1. The second-order valence-electron chi connectivity index (χ2n) is 5.85. The molecule has 0 fully saturated rings. The van der Waals surface area contributed by atoms with Crippen LogP contribution in [0.25, 0.3) is 0 Å². The van der Waals surface area contributed by atoms with Crippen LogP contribution in [0.15, 0.2) is 48.5 Å². The van der Waals surface area contributed by atoms with Crippen molar-refractivity contribution in [1.29, 1.82) is 0 Å². The Hall–Kier alpha value is -2.82. The van der Waals surface area contributed by atoms with Gasteiger partial charge in [0.25, 0.3) is 0 Å². The lowest BCUT2D eigenvalue weighted by atomic mass is 10.2. The fourth-order valence-corrected chi connectivity index (χ4v) is 2.61. The summed E-state index contributed by atoms with van der Waals surface area (Å²) in [6.45, 7) is 4.22. The van der Waals surface area contributed by atoms with E-state index in [1.54, 1.807) is 12.0 Å². The van der Waals surface area contributed by atoms with Crippen LogP contribution in [0.1, 0.15) is 24.5 Å². The molecule has 2 aromatic carbocycles. The molecule has 132 valence electrons. The minimum absolute atomic E-state index is 0.0804. The van der Waals surface area contributed by atoms with E-state index >= 15 is 0 Å². The minimum atomic E-state index is -0.107. The van der Waals surface area contributed by atoms with Gasteiger partial charge in [-0.15, -0.1) is 0 Å². The van der Waals surface area contributed by atoms with Crippen LogP contribution in [0.5, 0.6) is 5.75 Å². The largest absolute Gasteiger partial charge is 0.496 e. The predicted molar refractivity (Wildman–Crippen MR) is 98.7 cm³/mol. The highest BCUT2D eigenvalue weighted by molar-refractivity contribution is 5.92. The maximum atomic E-state index is 12.2. The SMILES string of the molecule is COc1ccccc1CNC(=O)CCN(C(C)=O)c1cccc(C)c1. The summed E-state index contributed by atoms with van der Waals surface area (Å²) in [5.74, 6) is 0.556. The summed E-state index contributed by atoms with van der Waals surface area (Å²) in [7, 11) is 1.60. The molecule has 0 saturated carbocycles. The number of carbonyl (C=O) groups is 2. The van der Waals surface area contributed by atoms with Gasteiger partial charge in [-0.3, -0.25) is 9.59 Å². The number of rotatable bonds is 7. The van der Waals surface area contributed by atoms with Crippen LogP contribution in [0, 0.1) is 6.92 Å². The quantitative estimate of drug-likeness (QED) is 0.843. The third-order valence-corrected chi connectivity index (χ3v) is 3.92. The Labute approximate surface area is 148 Å². The van der Waals surface area contributed by atoms with Crippen molar-refractivity contribution in [3.63, 3.8) is 0 Å². The Bertz CT molecular complexity index is 743. The molecule has 25 heavy (non-hydrogen) atoms. The first kappa shape index (κ1) is 18.5. The van der Waals surface area contributed by atoms with Crippen molar-refractivity contribution in [1.82, 2.24) is 5.32 Å². The Kier molecular flexibility index (Phi) is 6.57. The zero-order chi connectivity index (χ0) is 18.2. The van der Waals surface area contributed by atoms with Gasteiger partial charge in [0, 0.05) is 37.7 Å². The number of benzene rings is 2. The minimum Gasteiger partial charge on any atom is -0.496 e. The Balaban J connectivity index is 1.92. The van der Waals surface area contributed by atoms with Crippen LogP contribution in [0.3, 0.4) is 0 Å². The fourth-order valence-electron chi connectivity index (χ4n) is 2.61. The van der Waals surface area contributed by atoms with Crippen LogP contribution >= 0.6 is 0 Å². The van der Waals surface area contributed by atoms with Crippen LogP contribution in [-0.4, -0.2) is 25.5 Å². The summed E-state index contributed by atoms with van der Waals surface area (Å²) in [6, 6.07) is 15.2. The highest BCUT2D eigenvalue weighted by atomic mass is 16.5. The summed E-state index contributed by atoms with van der Waals surface area (Å²) in [4.78, 5) is 25.7. The summed E-state index contributed by atoms with van der Waals surface area (Å²) in [6.07, 6.45) is 0.239. The summed E-state index contributed by atoms with van der Waals surface area (Å²) < 4.78 is 5.27. The topological polar surface area (TPSA) is 58.6 Å². The molecule has 0 saturated heterocycles.